The predicted molar refractivity (Wildman–Crippen MR) is 65.6 cm³/mol. The van der Waals surface area contributed by atoms with Gasteiger partial charge < -0.3 is 5.32 Å². The minimum absolute atomic E-state index is 0.749. The number of benzene rings is 1. The van der Waals surface area contributed by atoms with E-state index < -0.39 is 0 Å². The Kier molecular flexibility index (Phi) is 3.23. The number of nitrogens with one attached hydrogen (secondary N) is 1. The molecule has 0 unspecified atom stereocenters. The Balaban J connectivity index is 2.08. The molecule has 2 nitrogen and oxygen atoms in total. The maximum atomic E-state index is 6.02. The molecule has 0 saturated heterocycles. The van der Waals surface area contributed by atoms with E-state index in [2.05, 4.69) is 10.3 Å². The summed E-state index contributed by atoms with van der Waals surface area (Å²) in [5.41, 5.74) is 2.15. The third-order valence-electron chi connectivity index (χ3n) is 2.18. The van der Waals surface area contributed by atoms with Crippen molar-refractivity contribution in [1.29, 1.82) is 0 Å². The van der Waals surface area contributed by atoms with Gasteiger partial charge in [0.25, 0.3) is 0 Å². The molecule has 0 saturated carbocycles. The molecule has 0 spiro atoms. The zero-order valence-corrected chi connectivity index (χ0v) is 9.90. The van der Waals surface area contributed by atoms with E-state index in [1.807, 2.05) is 36.7 Å². The maximum absolute atomic E-state index is 6.02. The Labute approximate surface area is 97.9 Å². The summed E-state index contributed by atoms with van der Waals surface area (Å²) in [7, 11) is 0. The lowest BCUT2D eigenvalue weighted by Crippen LogP contribution is -2.00. The minimum Gasteiger partial charge on any atom is -0.378 e. The Morgan fingerprint density at radius 3 is 3.07 bits per heavy atom. The summed E-state index contributed by atoms with van der Waals surface area (Å²) < 4.78 is 0. The van der Waals surface area contributed by atoms with Crippen molar-refractivity contribution in [1.82, 2.24) is 4.98 Å². The smallest absolute Gasteiger partial charge is 0.112 e. The number of nitrogens with zero attached hydrogens (tertiary/aromatic N) is 1. The summed E-state index contributed by atoms with van der Waals surface area (Å²) in [4.78, 5) is 4.21. The summed E-state index contributed by atoms with van der Waals surface area (Å²) in [6.07, 6.45) is 1.81. The SMILES string of the molecule is Cc1c(Cl)cccc1NCc1nccs1. The molecule has 2 aromatic rings. The van der Waals surface area contributed by atoms with Gasteiger partial charge in [-0.1, -0.05) is 17.7 Å². The third-order valence-corrected chi connectivity index (χ3v) is 3.37. The number of aromatic nitrogens is 1. The van der Waals surface area contributed by atoms with E-state index in [9.17, 15) is 0 Å². The van der Waals surface area contributed by atoms with Crippen LogP contribution in [0.4, 0.5) is 5.69 Å². The van der Waals surface area contributed by atoms with Crippen LogP contribution < -0.4 is 5.32 Å². The fourth-order valence-corrected chi connectivity index (χ4v) is 2.04. The molecule has 0 amide bonds. The molecule has 1 aromatic heterocycles. The lowest BCUT2D eigenvalue weighted by Gasteiger charge is -2.08. The van der Waals surface area contributed by atoms with Crippen molar-refractivity contribution in [2.45, 2.75) is 13.5 Å². The highest BCUT2D eigenvalue weighted by Gasteiger charge is 2.01. The summed E-state index contributed by atoms with van der Waals surface area (Å²) in [5, 5.41) is 7.16. The molecule has 0 aliphatic heterocycles. The Hall–Kier alpha value is -1.06. The molecule has 15 heavy (non-hydrogen) atoms. The highest BCUT2D eigenvalue weighted by Crippen LogP contribution is 2.23. The third kappa shape index (κ3) is 2.49. The van der Waals surface area contributed by atoms with Gasteiger partial charge in [-0.15, -0.1) is 11.3 Å². The molecule has 0 bridgehead atoms. The average molecular weight is 239 g/mol. The van der Waals surface area contributed by atoms with Crippen LogP contribution in [0.5, 0.6) is 0 Å². The van der Waals surface area contributed by atoms with Gasteiger partial charge in [0.2, 0.25) is 0 Å². The van der Waals surface area contributed by atoms with E-state index in [0.717, 1.165) is 27.8 Å². The van der Waals surface area contributed by atoms with Crippen LogP contribution in [-0.4, -0.2) is 4.98 Å². The van der Waals surface area contributed by atoms with Gasteiger partial charge in [-0.25, -0.2) is 4.98 Å². The van der Waals surface area contributed by atoms with E-state index in [4.69, 9.17) is 11.6 Å². The molecular weight excluding hydrogens is 228 g/mol. The molecule has 0 aliphatic carbocycles. The van der Waals surface area contributed by atoms with Crippen LogP contribution in [0.15, 0.2) is 29.8 Å². The highest BCUT2D eigenvalue weighted by molar-refractivity contribution is 7.09. The zero-order chi connectivity index (χ0) is 10.7. The van der Waals surface area contributed by atoms with Crippen LogP contribution in [-0.2, 0) is 6.54 Å². The van der Waals surface area contributed by atoms with Gasteiger partial charge in [0, 0.05) is 22.3 Å². The first kappa shape index (κ1) is 10.5. The van der Waals surface area contributed by atoms with Crippen molar-refractivity contribution >= 4 is 28.6 Å². The fraction of sp³-hybridized carbons (Fsp3) is 0.182. The molecule has 0 fully saturated rings. The average Bonchev–Trinajstić information content (AvgIpc) is 2.73. The molecule has 78 valence electrons. The van der Waals surface area contributed by atoms with Gasteiger partial charge in [0.1, 0.15) is 5.01 Å². The Morgan fingerprint density at radius 1 is 1.47 bits per heavy atom. The molecule has 1 N–H and O–H groups in total. The van der Waals surface area contributed by atoms with Crippen LogP contribution in [0.3, 0.4) is 0 Å². The number of rotatable bonds is 3. The first-order valence-corrected chi connectivity index (χ1v) is 5.90. The second kappa shape index (κ2) is 4.64. The Bertz CT molecular complexity index is 440. The molecule has 4 heteroatoms. The molecule has 0 aliphatic rings. The van der Waals surface area contributed by atoms with E-state index >= 15 is 0 Å². The van der Waals surface area contributed by atoms with Crippen molar-refractivity contribution < 1.29 is 0 Å². The number of hydrogen-bond donors (Lipinski definition) is 1. The molecule has 0 atom stereocenters. The zero-order valence-electron chi connectivity index (χ0n) is 8.33. The topological polar surface area (TPSA) is 24.9 Å². The lowest BCUT2D eigenvalue weighted by atomic mass is 10.2. The number of halogens is 1. The molecule has 1 aromatic carbocycles. The van der Waals surface area contributed by atoms with Crippen molar-refractivity contribution in [2.75, 3.05) is 5.32 Å². The molecule has 1 heterocycles. The van der Waals surface area contributed by atoms with Crippen LogP contribution in [0.25, 0.3) is 0 Å². The van der Waals surface area contributed by atoms with Gasteiger partial charge >= 0.3 is 0 Å². The van der Waals surface area contributed by atoms with Crippen molar-refractivity contribution in [3.63, 3.8) is 0 Å². The van der Waals surface area contributed by atoms with Gasteiger partial charge in [-0.2, -0.15) is 0 Å². The monoisotopic (exact) mass is 238 g/mol. The summed E-state index contributed by atoms with van der Waals surface area (Å²) in [5.74, 6) is 0. The van der Waals surface area contributed by atoms with Crippen LogP contribution >= 0.6 is 22.9 Å². The first-order valence-electron chi connectivity index (χ1n) is 4.65. The van der Waals surface area contributed by atoms with E-state index in [0.29, 0.717) is 0 Å². The first-order chi connectivity index (χ1) is 7.27. The number of hydrogen-bond acceptors (Lipinski definition) is 3. The van der Waals surface area contributed by atoms with Crippen LogP contribution in [0.2, 0.25) is 5.02 Å². The minimum atomic E-state index is 0.749. The number of anilines is 1. The second-order valence-corrected chi connectivity index (χ2v) is 4.58. The van der Waals surface area contributed by atoms with Gasteiger partial charge in [-0.05, 0) is 24.6 Å². The van der Waals surface area contributed by atoms with E-state index in [1.54, 1.807) is 11.3 Å². The van der Waals surface area contributed by atoms with E-state index in [1.165, 1.54) is 0 Å². The van der Waals surface area contributed by atoms with Gasteiger partial charge in [0.05, 0.1) is 6.54 Å². The quantitative estimate of drug-likeness (QED) is 0.882. The largest absolute Gasteiger partial charge is 0.378 e. The molecule has 2 rings (SSSR count). The molecule has 0 radical (unpaired) electrons. The van der Waals surface area contributed by atoms with Crippen molar-refractivity contribution in [3.05, 3.63) is 45.4 Å². The summed E-state index contributed by atoms with van der Waals surface area (Å²) in [6, 6.07) is 5.86. The van der Waals surface area contributed by atoms with Crippen molar-refractivity contribution in [2.24, 2.45) is 0 Å². The van der Waals surface area contributed by atoms with Crippen molar-refractivity contribution in [3.8, 4) is 0 Å². The maximum Gasteiger partial charge on any atom is 0.112 e. The predicted octanol–water partition coefficient (Wildman–Crippen LogP) is 3.72. The lowest BCUT2D eigenvalue weighted by molar-refractivity contribution is 1.10. The standard InChI is InChI=1S/C11H11ClN2S/c1-8-9(12)3-2-4-10(8)14-7-11-13-5-6-15-11/h2-6,14H,7H2,1H3. The molecular formula is C11H11ClN2S. The van der Waals surface area contributed by atoms with Crippen LogP contribution in [0, 0.1) is 6.92 Å². The number of thiazole rings is 1. The van der Waals surface area contributed by atoms with E-state index in [-0.39, 0.29) is 0 Å². The summed E-state index contributed by atoms with van der Waals surface area (Å²) >= 11 is 7.67. The normalized spacial score (nSPS) is 10.3. The summed E-state index contributed by atoms with van der Waals surface area (Å²) in [6.45, 7) is 2.76. The van der Waals surface area contributed by atoms with Crippen LogP contribution in [0.1, 0.15) is 10.6 Å². The fourth-order valence-electron chi connectivity index (χ4n) is 1.31. The second-order valence-electron chi connectivity index (χ2n) is 3.19. The van der Waals surface area contributed by atoms with Gasteiger partial charge in [-0.3, -0.25) is 0 Å². The Morgan fingerprint density at radius 2 is 2.33 bits per heavy atom. The highest BCUT2D eigenvalue weighted by atomic mass is 35.5. The van der Waals surface area contributed by atoms with Gasteiger partial charge in [0.15, 0.2) is 0 Å².